The molecule has 2 bridgehead atoms. The minimum absolute atomic E-state index is 0.0655. The molecule has 62 heavy (non-hydrogen) atoms. The first-order valence-corrected chi connectivity index (χ1v) is 20.9. The third-order valence-corrected chi connectivity index (χ3v) is 11.8. The number of hydrogen-bond acceptors (Lipinski definition) is 10. The Morgan fingerprint density at radius 1 is 0.855 bits per heavy atom. The first kappa shape index (κ1) is 42.0. The molecule has 13 heteroatoms. The molecule has 5 aromatic carbocycles. The number of aromatic nitrogens is 1. The van der Waals surface area contributed by atoms with E-state index in [0.717, 1.165) is 60.3 Å². The van der Waals surface area contributed by atoms with Crippen molar-refractivity contribution in [3.63, 3.8) is 0 Å². The molecule has 6 aromatic rings. The average Bonchev–Trinajstić information content (AvgIpc) is 3.30. The Bertz CT molecular complexity index is 2560. The molecule has 320 valence electrons. The number of nitrogens with one attached hydrogen (secondary N) is 4. The Morgan fingerprint density at radius 2 is 1.63 bits per heavy atom. The molecule has 3 saturated heterocycles. The number of hydrogen-bond donors (Lipinski definition) is 6. The van der Waals surface area contributed by atoms with Crippen molar-refractivity contribution in [2.24, 2.45) is 5.92 Å². The second kappa shape index (κ2) is 19.4. The number of piperidine rings is 3. The van der Waals surface area contributed by atoms with Gasteiger partial charge in [-0.2, -0.15) is 0 Å². The van der Waals surface area contributed by atoms with Crippen molar-refractivity contribution in [3.8, 4) is 17.2 Å². The van der Waals surface area contributed by atoms with Crippen molar-refractivity contribution < 1.29 is 34.0 Å². The molecule has 13 nitrogen and oxygen atoms in total. The van der Waals surface area contributed by atoms with E-state index in [1.807, 2.05) is 84.9 Å². The number of pyridine rings is 1. The van der Waals surface area contributed by atoms with Gasteiger partial charge in [0, 0.05) is 48.8 Å². The van der Waals surface area contributed by atoms with E-state index in [1.54, 1.807) is 31.4 Å². The van der Waals surface area contributed by atoms with Crippen LogP contribution in [0.4, 0.5) is 4.79 Å². The second-order valence-corrected chi connectivity index (χ2v) is 15.9. The number of carbonyl (C=O) groups excluding carboxylic acids is 2. The SMILES string of the molecule is COc1cc(CNC(=O)c2ccc(COc3cccc([C@@H](NC(=O)O[C@@H]4CN5CCC4CC5)c4ccccc4)c3)cc2)ccc1CNC[C@H](O)c1ccc(O)c2[nH]c(=O)ccc12. The maximum Gasteiger partial charge on any atom is 0.408 e. The van der Waals surface area contributed by atoms with Crippen LogP contribution in [0.5, 0.6) is 17.2 Å². The van der Waals surface area contributed by atoms with E-state index in [4.69, 9.17) is 14.2 Å². The lowest BCUT2D eigenvalue weighted by atomic mass is 9.86. The molecule has 3 atom stereocenters. The number of alkyl carbamates (subject to hydrolysis) is 1. The Hall–Kier alpha value is -6.67. The van der Waals surface area contributed by atoms with Gasteiger partial charge >= 0.3 is 6.09 Å². The lowest BCUT2D eigenvalue weighted by Crippen LogP contribution is -2.52. The minimum atomic E-state index is -0.899. The number of methoxy groups -OCH3 is 1. The van der Waals surface area contributed by atoms with E-state index in [-0.39, 0.29) is 48.5 Å². The standard InChI is InChI=1S/C49H51N5O8/c1-60-43-24-32(12-15-37(43)27-50-28-42(56)39-16-18-41(55)47-40(39)17-19-45(57)52-47)26-51-48(58)35-13-10-31(11-14-35)30-61-38-9-5-8-36(25-38)46(34-6-3-2-4-7-34)53-49(59)62-44-29-54-22-20-33(44)21-23-54/h2-19,24-25,33,42,44,46,50,55-56H,20-23,26-30H2,1H3,(H,51,58)(H,52,57)(H,53,59)/t42-,44+,46-/m0/s1. The largest absolute Gasteiger partial charge is 0.506 e. The fraction of sp³-hybridized carbons (Fsp3) is 0.286. The maximum atomic E-state index is 13.3. The molecule has 0 spiro atoms. The highest BCUT2D eigenvalue weighted by Gasteiger charge is 2.37. The zero-order chi connectivity index (χ0) is 43.0. The third kappa shape index (κ3) is 10.1. The van der Waals surface area contributed by atoms with E-state index in [9.17, 15) is 24.6 Å². The highest BCUT2D eigenvalue weighted by Crippen LogP contribution is 2.32. The average molecular weight is 838 g/mol. The fourth-order valence-electron chi connectivity index (χ4n) is 8.37. The van der Waals surface area contributed by atoms with Crippen LogP contribution in [0.3, 0.4) is 0 Å². The van der Waals surface area contributed by atoms with Crippen LogP contribution >= 0.6 is 0 Å². The van der Waals surface area contributed by atoms with Gasteiger partial charge in [-0.15, -0.1) is 0 Å². The zero-order valence-electron chi connectivity index (χ0n) is 34.5. The van der Waals surface area contributed by atoms with Gasteiger partial charge in [-0.1, -0.05) is 72.8 Å². The Morgan fingerprint density at radius 3 is 2.39 bits per heavy atom. The summed E-state index contributed by atoms with van der Waals surface area (Å²) in [7, 11) is 1.58. The van der Waals surface area contributed by atoms with Gasteiger partial charge in [0.1, 0.15) is 30.0 Å². The highest BCUT2D eigenvalue weighted by molar-refractivity contribution is 5.94. The van der Waals surface area contributed by atoms with E-state index >= 15 is 0 Å². The van der Waals surface area contributed by atoms with Crippen LogP contribution in [0.1, 0.15) is 68.7 Å². The summed E-state index contributed by atoms with van der Waals surface area (Å²) in [6, 6.07) is 36.1. The van der Waals surface area contributed by atoms with Gasteiger partial charge in [-0.05, 0) is 102 Å². The number of fused-ring (bicyclic) bond motifs is 4. The van der Waals surface area contributed by atoms with E-state index < -0.39 is 18.2 Å². The number of nitrogens with zero attached hydrogens (tertiary/aromatic N) is 1. The molecule has 3 aliphatic heterocycles. The van der Waals surface area contributed by atoms with Crippen molar-refractivity contribution in [1.82, 2.24) is 25.8 Å². The first-order chi connectivity index (χ1) is 30.2. The summed E-state index contributed by atoms with van der Waals surface area (Å²) in [4.78, 5) is 43.1. The van der Waals surface area contributed by atoms with E-state index in [1.165, 1.54) is 12.1 Å². The number of rotatable bonds is 16. The molecule has 3 fully saturated rings. The highest BCUT2D eigenvalue weighted by atomic mass is 16.6. The van der Waals surface area contributed by atoms with Crippen molar-refractivity contribution in [2.45, 2.75) is 50.8 Å². The van der Waals surface area contributed by atoms with Gasteiger partial charge in [0.25, 0.3) is 5.91 Å². The van der Waals surface area contributed by atoms with Gasteiger partial charge in [0.15, 0.2) is 0 Å². The predicted octanol–water partition coefficient (Wildman–Crippen LogP) is 6.48. The van der Waals surface area contributed by atoms with Gasteiger partial charge in [0.2, 0.25) is 5.56 Å². The zero-order valence-corrected chi connectivity index (χ0v) is 34.5. The molecule has 0 saturated carbocycles. The number of benzene rings is 5. The smallest absolute Gasteiger partial charge is 0.408 e. The molecule has 0 radical (unpaired) electrons. The minimum Gasteiger partial charge on any atom is -0.506 e. The first-order valence-electron chi connectivity index (χ1n) is 20.9. The number of amides is 2. The number of aromatic hydroxyl groups is 1. The molecular formula is C49H51N5O8. The maximum absolute atomic E-state index is 13.3. The number of aromatic amines is 1. The molecule has 6 N–H and O–H groups in total. The molecule has 0 unspecified atom stereocenters. The number of H-pyrrole nitrogens is 1. The van der Waals surface area contributed by atoms with Crippen LogP contribution in [0.2, 0.25) is 0 Å². The molecule has 1 aromatic heterocycles. The van der Waals surface area contributed by atoms with Crippen molar-refractivity contribution >= 4 is 22.9 Å². The summed E-state index contributed by atoms with van der Waals surface area (Å²) in [5.41, 5.74) is 5.44. The van der Waals surface area contributed by atoms with Crippen LogP contribution in [0.25, 0.3) is 10.9 Å². The number of phenols is 1. The lowest BCUT2D eigenvalue weighted by molar-refractivity contribution is -0.0336. The quantitative estimate of drug-likeness (QED) is 0.0633. The number of aliphatic hydroxyl groups is 1. The molecule has 3 aliphatic rings. The second-order valence-electron chi connectivity index (χ2n) is 15.9. The van der Waals surface area contributed by atoms with Crippen molar-refractivity contribution in [3.05, 3.63) is 171 Å². The fourth-order valence-corrected chi connectivity index (χ4v) is 8.37. The molecule has 0 aliphatic carbocycles. The summed E-state index contributed by atoms with van der Waals surface area (Å²) in [5.74, 6) is 1.41. The topological polar surface area (TPSA) is 174 Å². The molecule has 4 heterocycles. The Kier molecular flexibility index (Phi) is 13.1. The molecule has 2 amide bonds. The summed E-state index contributed by atoms with van der Waals surface area (Å²) in [6.07, 6.45) is 0.710. The molecule has 9 rings (SSSR count). The van der Waals surface area contributed by atoms with Gasteiger partial charge in [-0.3, -0.25) is 14.5 Å². The summed E-state index contributed by atoms with van der Waals surface area (Å²) in [5, 5.41) is 31.0. The lowest BCUT2D eigenvalue weighted by Gasteiger charge is -2.43. The Balaban J connectivity index is 0.822. The van der Waals surface area contributed by atoms with E-state index in [0.29, 0.717) is 40.5 Å². The third-order valence-electron chi connectivity index (χ3n) is 11.8. The summed E-state index contributed by atoms with van der Waals surface area (Å²) >= 11 is 0. The molecular weight excluding hydrogens is 787 g/mol. The summed E-state index contributed by atoms with van der Waals surface area (Å²) in [6.45, 7) is 4.13. The van der Waals surface area contributed by atoms with Crippen LogP contribution in [-0.2, 0) is 24.4 Å². The monoisotopic (exact) mass is 837 g/mol. The normalized spacial score (nSPS) is 17.8. The van der Waals surface area contributed by atoms with Gasteiger partial charge < -0.3 is 45.4 Å². The van der Waals surface area contributed by atoms with E-state index in [2.05, 4.69) is 25.8 Å². The summed E-state index contributed by atoms with van der Waals surface area (Å²) < 4.78 is 17.8. The van der Waals surface area contributed by atoms with Crippen LogP contribution in [-0.4, -0.2) is 71.5 Å². The predicted molar refractivity (Wildman–Crippen MR) is 235 cm³/mol. The number of ether oxygens (including phenoxy) is 3. The van der Waals surface area contributed by atoms with Gasteiger partial charge in [-0.25, -0.2) is 4.79 Å². The van der Waals surface area contributed by atoms with Crippen LogP contribution in [0, 0.1) is 5.92 Å². The number of phenolic OH excluding ortho intramolecular Hbond substituents is 1. The van der Waals surface area contributed by atoms with Crippen LogP contribution in [0.15, 0.2) is 126 Å². The Labute approximate surface area is 359 Å². The van der Waals surface area contributed by atoms with Gasteiger partial charge in [0.05, 0.1) is 24.8 Å². The number of carbonyl (C=O) groups is 2. The number of aliphatic hydroxyl groups excluding tert-OH is 1. The van der Waals surface area contributed by atoms with Crippen molar-refractivity contribution in [1.29, 1.82) is 0 Å². The van der Waals surface area contributed by atoms with Crippen molar-refractivity contribution in [2.75, 3.05) is 33.3 Å². The van der Waals surface area contributed by atoms with Crippen LogP contribution < -0.4 is 31.0 Å².